The van der Waals surface area contributed by atoms with Crippen LogP contribution in [0.4, 0.5) is 0 Å². The topological polar surface area (TPSA) is 38.0 Å². The fourth-order valence-corrected chi connectivity index (χ4v) is 2.50. The van der Waals surface area contributed by atoms with Crippen molar-refractivity contribution in [2.45, 2.75) is 47.1 Å². The van der Waals surface area contributed by atoms with E-state index in [4.69, 9.17) is 5.84 Å². The van der Waals surface area contributed by atoms with Crippen LogP contribution in [0, 0.1) is 17.8 Å². The number of hydrogen-bond acceptors (Lipinski definition) is 2. The zero-order valence-electron chi connectivity index (χ0n) is 9.31. The molecule has 0 aromatic rings. The number of nitrogens with one attached hydrogen (secondary N) is 1. The van der Waals surface area contributed by atoms with Crippen LogP contribution in [0.5, 0.6) is 0 Å². The van der Waals surface area contributed by atoms with Gasteiger partial charge in [-0.3, -0.25) is 11.3 Å². The summed E-state index contributed by atoms with van der Waals surface area (Å²) in [5.41, 5.74) is 3.08. The van der Waals surface area contributed by atoms with Crippen molar-refractivity contribution < 1.29 is 0 Å². The van der Waals surface area contributed by atoms with Crippen molar-refractivity contribution in [1.29, 1.82) is 0 Å². The molecule has 0 saturated carbocycles. The van der Waals surface area contributed by atoms with Gasteiger partial charge in [-0.05, 0) is 17.8 Å². The Morgan fingerprint density at radius 1 is 0.833 bits per heavy atom. The van der Waals surface area contributed by atoms with Crippen LogP contribution in [0.2, 0.25) is 0 Å². The molecule has 0 unspecified atom stereocenters. The van der Waals surface area contributed by atoms with Crippen LogP contribution in [0.3, 0.4) is 0 Å². The predicted molar refractivity (Wildman–Crippen MR) is 54.6 cm³/mol. The maximum atomic E-state index is 5.66. The molecule has 0 aromatic heterocycles. The molecule has 0 bridgehead atoms. The Balaban J connectivity index is 4.77. The third kappa shape index (κ3) is 1.80. The molecule has 0 saturated heterocycles. The predicted octanol–water partition coefficient (Wildman–Crippen LogP) is 2.16. The second-order valence-electron chi connectivity index (χ2n) is 4.54. The van der Waals surface area contributed by atoms with Crippen molar-refractivity contribution >= 4 is 0 Å². The molecule has 0 amide bonds. The van der Waals surface area contributed by atoms with Gasteiger partial charge in [-0.25, -0.2) is 0 Å². The summed E-state index contributed by atoms with van der Waals surface area (Å²) in [6.07, 6.45) is 0. The number of hydrogen-bond donors (Lipinski definition) is 2. The highest BCUT2D eigenvalue weighted by Gasteiger charge is 2.38. The smallest absolute Gasteiger partial charge is 0.0389 e. The molecule has 12 heavy (non-hydrogen) atoms. The summed E-state index contributed by atoms with van der Waals surface area (Å²) in [6.45, 7) is 13.3. The van der Waals surface area contributed by atoms with Crippen LogP contribution in [-0.4, -0.2) is 5.54 Å². The van der Waals surface area contributed by atoms with Gasteiger partial charge >= 0.3 is 0 Å². The van der Waals surface area contributed by atoms with Crippen LogP contribution in [-0.2, 0) is 0 Å². The van der Waals surface area contributed by atoms with Gasteiger partial charge < -0.3 is 0 Å². The molecule has 0 spiro atoms. The van der Waals surface area contributed by atoms with Gasteiger partial charge in [0.15, 0.2) is 0 Å². The van der Waals surface area contributed by atoms with E-state index in [0.717, 1.165) is 0 Å². The first kappa shape index (κ1) is 11.9. The van der Waals surface area contributed by atoms with E-state index in [1.54, 1.807) is 0 Å². The average molecular weight is 172 g/mol. The first-order chi connectivity index (χ1) is 5.39. The first-order valence-electron chi connectivity index (χ1n) is 4.87. The van der Waals surface area contributed by atoms with E-state index >= 15 is 0 Å². The average Bonchev–Trinajstić information content (AvgIpc) is 1.86. The number of hydrazine groups is 1. The summed E-state index contributed by atoms with van der Waals surface area (Å²) in [6, 6.07) is 0. The highest BCUT2D eigenvalue weighted by atomic mass is 15.3. The molecular weight excluding hydrogens is 148 g/mol. The summed E-state index contributed by atoms with van der Waals surface area (Å²) >= 11 is 0. The molecule has 0 aliphatic rings. The highest BCUT2D eigenvalue weighted by molar-refractivity contribution is 4.94. The fraction of sp³-hybridized carbons (Fsp3) is 1.00. The monoisotopic (exact) mass is 172 g/mol. The molecular formula is C10H24N2. The fourth-order valence-electron chi connectivity index (χ4n) is 2.50. The molecule has 0 heterocycles. The Hall–Kier alpha value is -0.0800. The maximum absolute atomic E-state index is 5.66. The van der Waals surface area contributed by atoms with Crippen LogP contribution < -0.4 is 11.3 Å². The minimum atomic E-state index is 0.0694. The van der Waals surface area contributed by atoms with Gasteiger partial charge in [0.25, 0.3) is 0 Å². The van der Waals surface area contributed by atoms with E-state index < -0.39 is 0 Å². The van der Waals surface area contributed by atoms with Crippen LogP contribution in [0.25, 0.3) is 0 Å². The minimum Gasteiger partial charge on any atom is -0.271 e. The molecule has 2 nitrogen and oxygen atoms in total. The standard InChI is InChI=1S/C10H24N2/c1-7(2)10(12-11,8(3)4)9(5)6/h7-9,12H,11H2,1-6H3. The van der Waals surface area contributed by atoms with E-state index in [1.807, 2.05) is 0 Å². The molecule has 0 aliphatic carbocycles. The normalized spacial score (nSPS) is 13.5. The lowest BCUT2D eigenvalue weighted by Gasteiger charge is -2.44. The summed E-state index contributed by atoms with van der Waals surface area (Å²) in [7, 11) is 0. The third-order valence-corrected chi connectivity index (χ3v) is 3.12. The van der Waals surface area contributed by atoms with Crippen LogP contribution in [0.15, 0.2) is 0 Å². The Bertz CT molecular complexity index is 106. The zero-order valence-corrected chi connectivity index (χ0v) is 9.31. The van der Waals surface area contributed by atoms with Gasteiger partial charge in [-0.2, -0.15) is 0 Å². The van der Waals surface area contributed by atoms with Crippen molar-refractivity contribution in [2.75, 3.05) is 0 Å². The summed E-state index contributed by atoms with van der Waals surface area (Å²) in [4.78, 5) is 0. The van der Waals surface area contributed by atoms with Crippen molar-refractivity contribution in [3.63, 3.8) is 0 Å². The van der Waals surface area contributed by atoms with Gasteiger partial charge in [0.1, 0.15) is 0 Å². The summed E-state index contributed by atoms with van der Waals surface area (Å²) in [5.74, 6) is 7.33. The molecule has 74 valence electrons. The van der Waals surface area contributed by atoms with Crippen LogP contribution in [0.1, 0.15) is 41.5 Å². The van der Waals surface area contributed by atoms with E-state index in [1.165, 1.54) is 0 Å². The second-order valence-corrected chi connectivity index (χ2v) is 4.54. The minimum absolute atomic E-state index is 0.0694. The van der Waals surface area contributed by atoms with E-state index in [9.17, 15) is 0 Å². The van der Waals surface area contributed by atoms with Crippen molar-refractivity contribution in [3.05, 3.63) is 0 Å². The van der Waals surface area contributed by atoms with Crippen LogP contribution >= 0.6 is 0 Å². The molecule has 0 rings (SSSR count). The number of rotatable bonds is 4. The number of nitrogens with two attached hydrogens (primary N) is 1. The lowest BCUT2D eigenvalue weighted by molar-refractivity contribution is 0.105. The highest BCUT2D eigenvalue weighted by Crippen LogP contribution is 2.32. The van der Waals surface area contributed by atoms with E-state index in [-0.39, 0.29) is 5.54 Å². The van der Waals surface area contributed by atoms with Gasteiger partial charge in [0, 0.05) is 5.54 Å². The Morgan fingerprint density at radius 2 is 1.08 bits per heavy atom. The molecule has 0 aromatic carbocycles. The second kappa shape index (κ2) is 4.24. The summed E-state index contributed by atoms with van der Waals surface area (Å²) in [5, 5.41) is 0. The molecule has 2 heteroatoms. The maximum Gasteiger partial charge on any atom is 0.0389 e. The van der Waals surface area contributed by atoms with Gasteiger partial charge in [0.05, 0.1) is 0 Å². The quantitative estimate of drug-likeness (QED) is 0.504. The Morgan fingerprint density at radius 3 is 1.08 bits per heavy atom. The van der Waals surface area contributed by atoms with E-state index in [2.05, 4.69) is 47.0 Å². The molecule has 0 fully saturated rings. The zero-order chi connectivity index (χ0) is 9.94. The van der Waals surface area contributed by atoms with Crippen molar-refractivity contribution in [2.24, 2.45) is 23.6 Å². The first-order valence-corrected chi connectivity index (χ1v) is 4.87. The molecule has 0 atom stereocenters. The van der Waals surface area contributed by atoms with Crippen molar-refractivity contribution in [3.8, 4) is 0 Å². The Kier molecular flexibility index (Phi) is 4.21. The Labute approximate surface area is 76.9 Å². The molecule has 0 radical (unpaired) electrons. The molecule has 0 aliphatic heterocycles. The van der Waals surface area contributed by atoms with E-state index in [0.29, 0.717) is 17.8 Å². The van der Waals surface area contributed by atoms with Gasteiger partial charge in [-0.1, -0.05) is 41.5 Å². The third-order valence-electron chi connectivity index (χ3n) is 3.12. The SMILES string of the molecule is CC(C)C(NN)(C(C)C)C(C)C. The van der Waals surface area contributed by atoms with Gasteiger partial charge in [0.2, 0.25) is 0 Å². The lowest BCUT2D eigenvalue weighted by Crippen LogP contribution is -2.60. The van der Waals surface area contributed by atoms with Gasteiger partial charge in [-0.15, -0.1) is 0 Å². The van der Waals surface area contributed by atoms with Crippen molar-refractivity contribution in [1.82, 2.24) is 5.43 Å². The lowest BCUT2D eigenvalue weighted by atomic mass is 9.70. The summed E-state index contributed by atoms with van der Waals surface area (Å²) < 4.78 is 0. The largest absolute Gasteiger partial charge is 0.271 e. The molecule has 3 N–H and O–H groups in total.